The highest BCUT2D eigenvalue weighted by Crippen LogP contribution is 2.36. The molecule has 5 saturated heterocycles. The summed E-state index contributed by atoms with van der Waals surface area (Å²) < 4.78 is 62.2. The molecule has 0 bridgehead atoms. The first-order chi connectivity index (χ1) is 34.4. The third-order valence-electron chi connectivity index (χ3n) is 12.8. The number of rotatable bonds is 19. The molecule has 0 aromatic heterocycles. The minimum Gasteiger partial charge on any atom is -0.462 e. The van der Waals surface area contributed by atoms with Gasteiger partial charge in [-0.05, 0) is 17.7 Å². The Kier molecular flexibility index (Phi) is 19.6. The maximum absolute atomic E-state index is 11.3. The highest BCUT2D eigenvalue weighted by atomic mass is 16.8. The second-order valence-electron chi connectivity index (χ2n) is 17.6. The largest absolute Gasteiger partial charge is 0.462 e. The van der Waals surface area contributed by atoms with Gasteiger partial charge in [-0.2, -0.15) is 0 Å². The number of ether oxygens (including phenoxy) is 11. The highest BCUT2D eigenvalue weighted by Gasteiger charge is 2.56. The quantitative estimate of drug-likeness (QED) is 0.0459. The number of nitrogens with zero attached hydrogens (tertiary/aromatic N) is 1. The molecule has 2 aromatic carbocycles. The molecule has 72 heavy (non-hydrogen) atoms. The van der Waals surface area contributed by atoms with Crippen molar-refractivity contribution in [1.82, 2.24) is 0 Å². The molecule has 5 fully saturated rings. The van der Waals surface area contributed by atoms with Crippen LogP contribution in [-0.4, -0.2) is 268 Å². The maximum Gasteiger partial charge on any atom is 0.269 e. The fraction of sp³-hybridized carbons (Fsp3) is 0.721. The van der Waals surface area contributed by atoms with E-state index in [1.165, 1.54) is 12.1 Å². The molecule has 406 valence electrons. The van der Waals surface area contributed by atoms with Gasteiger partial charge in [0.2, 0.25) is 6.29 Å². The van der Waals surface area contributed by atoms with E-state index in [1.807, 2.05) is 0 Å². The van der Waals surface area contributed by atoms with Crippen LogP contribution in [0.4, 0.5) is 5.69 Å². The fourth-order valence-electron chi connectivity index (χ4n) is 8.75. The Bertz CT molecular complexity index is 1970. The number of hydrogen-bond donors (Lipinski definition) is 15. The summed E-state index contributed by atoms with van der Waals surface area (Å²) in [5.41, 5.74) is 0.521. The summed E-state index contributed by atoms with van der Waals surface area (Å²) in [6.07, 6.45) is -45.8. The molecule has 29 heteroatoms. The van der Waals surface area contributed by atoms with E-state index in [1.54, 1.807) is 30.3 Å². The number of nitro benzene ring substituents is 1. The van der Waals surface area contributed by atoms with Gasteiger partial charge in [0.1, 0.15) is 128 Å². The van der Waals surface area contributed by atoms with Crippen LogP contribution in [0.3, 0.4) is 0 Å². The van der Waals surface area contributed by atoms with Crippen LogP contribution in [0.1, 0.15) is 5.56 Å². The maximum atomic E-state index is 11.3. The zero-order valence-corrected chi connectivity index (χ0v) is 37.8. The Labute approximate surface area is 408 Å². The molecule has 0 aliphatic carbocycles. The SMILES string of the molecule is O=[N+]([O-])c1ccc(O[C@H]2O[C@H](CO)[C@@H](O[C@H]3O[C@H](CO)[C@@H](O[C@H]4O[C@H](CO)[C@@H](O[C@H]5O[C@H](CO)[C@@H](O[C@H]6O[C@H](COCc7ccccc7)[C@@H](O)[C@H](O)[C@H]6O)[C@H](O)[C@H]5O)[C@H](O)[C@H]4O)[C@H](O)[C@H]3O)[C@H](O)[C@H]2O)cc1. The summed E-state index contributed by atoms with van der Waals surface area (Å²) in [4.78, 5) is 10.3. The molecule has 0 spiro atoms. The van der Waals surface area contributed by atoms with Crippen molar-refractivity contribution in [3.8, 4) is 5.75 Å². The normalized spacial score (nSPS) is 43.8. The zero-order chi connectivity index (χ0) is 52.1. The van der Waals surface area contributed by atoms with E-state index in [4.69, 9.17) is 52.1 Å². The van der Waals surface area contributed by atoms with Gasteiger partial charge in [0.15, 0.2) is 25.2 Å². The second kappa shape index (κ2) is 25.0. The summed E-state index contributed by atoms with van der Waals surface area (Å²) in [6.45, 7) is -3.97. The molecule has 5 aliphatic heterocycles. The minimum atomic E-state index is -2.15. The van der Waals surface area contributed by atoms with Crippen LogP contribution in [0.5, 0.6) is 5.75 Å². The lowest BCUT2D eigenvalue weighted by molar-refractivity contribution is -0.392. The molecule has 29 nitrogen and oxygen atoms in total. The number of non-ortho nitro benzene ring substituents is 1. The number of aliphatic hydroxyl groups is 15. The lowest BCUT2D eigenvalue weighted by atomic mass is 9.95. The molecule has 0 saturated carbocycles. The average Bonchev–Trinajstić information content (AvgIpc) is 3.38. The lowest BCUT2D eigenvalue weighted by Gasteiger charge is -2.49. The summed E-state index contributed by atoms with van der Waals surface area (Å²) >= 11 is 0. The van der Waals surface area contributed by atoms with Crippen molar-refractivity contribution >= 4 is 5.69 Å². The van der Waals surface area contributed by atoms with Crippen LogP contribution in [-0.2, 0) is 54.0 Å². The minimum absolute atomic E-state index is 0.0178. The number of nitro groups is 1. The van der Waals surface area contributed by atoms with Crippen LogP contribution in [0.15, 0.2) is 54.6 Å². The van der Waals surface area contributed by atoms with Crippen molar-refractivity contribution < 1.29 is 134 Å². The van der Waals surface area contributed by atoms with Crippen molar-refractivity contribution in [3.05, 3.63) is 70.3 Å². The lowest BCUT2D eigenvalue weighted by Crippen LogP contribution is -2.68. The third kappa shape index (κ3) is 12.3. The van der Waals surface area contributed by atoms with Crippen molar-refractivity contribution in [2.75, 3.05) is 33.0 Å². The Morgan fingerprint density at radius 2 is 0.778 bits per heavy atom. The first-order valence-corrected chi connectivity index (χ1v) is 22.7. The standard InChI is InChI=1S/C43H61NO28/c45-10-19-35(26(51)31(56)39(64-19)63-18-8-6-17(7-9-18)44(60)61)70-41-33(58)28(53)37(21(12-47)66-41)72-43-34(59)29(54)38(22(13-48)67-43)71-42-32(57)27(52)36(20(11-46)65-42)69-40-30(55)25(50)24(49)23(68-40)15-62-14-16-4-2-1-3-5-16/h1-9,19-43,45-59H,10-15H2/t19-,20-,21-,22-,23-,24-,25+,26-,27-,28-,29-,30-,31-,32-,33-,34-,35-,36-,37-,38-,39+,40-,41-,42-,43-/m1/s1. The zero-order valence-electron chi connectivity index (χ0n) is 37.8. The van der Waals surface area contributed by atoms with Gasteiger partial charge in [-0.25, -0.2) is 0 Å². The molecule has 5 heterocycles. The van der Waals surface area contributed by atoms with Gasteiger partial charge in [-0.3, -0.25) is 10.1 Å². The predicted octanol–water partition coefficient (Wildman–Crippen LogP) is -7.71. The van der Waals surface area contributed by atoms with Gasteiger partial charge in [0.25, 0.3) is 5.69 Å². The van der Waals surface area contributed by atoms with Crippen LogP contribution >= 0.6 is 0 Å². The first-order valence-electron chi connectivity index (χ1n) is 22.7. The summed E-state index contributed by atoms with van der Waals surface area (Å²) in [5.74, 6) is -0.0178. The van der Waals surface area contributed by atoms with Gasteiger partial charge in [-0.15, -0.1) is 0 Å². The van der Waals surface area contributed by atoms with Crippen molar-refractivity contribution in [1.29, 1.82) is 0 Å². The molecule has 5 aliphatic rings. The average molecular weight is 1040 g/mol. The number of hydrogen-bond acceptors (Lipinski definition) is 28. The summed E-state index contributed by atoms with van der Waals surface area (Å²) in [5, 5.41) is 173. The van der Waals surface area contributed by atoms with Crippen LogP contribution in [0.2, 0.25) is 0 Å². The van der Waals surface area contributed by atoms with Gasteiger partial charge in [0.05, 0.1) is 44.6 Å². The van der Waals surface area contributed by atoms with Crippen molar-refractivity contribution in [3.63, 3.8) is 0 Å². The Balaban J connectivity index is 0.943. The van der Waals surface area contributed by atoms with E-state index < -0.39 is 185 Å². The third-order valence-corrected chi connectivity index (χ3v) is 12.8. The smallest absolute Gasteiger partial charge is 0.269 e. The second-order valence-corrected chi connectivity index (χ2v) is 17.6. The van der Waals surface area contributed by atoms with Crippen LogP contribution in [0, 0.1) is 10.1 Å². The van der Waals surface area contributed by atoms with Gasteiger partial charge in [-0.1, -0.05) is 30.3 Å². The van der Waals surface area contributed by atoms with E-state index in [9.17, 15) is 86.7 Å². The van der Waals surface area contributed by atoms with Gasteiger partial charge in [0, 0.05) is 12.1 Å². The van der Waals surface area contributed by atoms with Crippen molar-refractivity contribution in [2.45, 2.75) is 160 Å². The highest BCUT2D eigenvalue weighted by molar-refractivity contribution is 5.36. The Morgan fingerprint density at radius 3 is 1.15 bits per heavy atom. The van der Waals surface area contributed by atoms with Crippen LogP contribution < -0.4 is 4.74 Å². The van der Waals surface area contributed by atoms with Gasteiger partial charge >= 0.3 is 0 Å². The molecule has 7 rings (SSSR count). The number of aliphatic hydroxyl groups excluding tert-OH is 15. The Morgan fingerprint density at radius 1 is 0.431 bits per heavy atom. The fourth-order valence-corrected chi connectivity index (χ4v) is 8.75. The topological polar surface area (TPSA) is 448 Å². The molecule has 15 N–H and O–H groups in total. The van der Waals surface area contributed by atoms with Crippen molar-refractivity contribution in [2.24, 2.45) is 0 Å². The molecular weight excluding hydrogens is 978 g/mol. The number of benzene rings is 2. The van der Waals surface area contributed by atoms with E-state index in [-0.39, 0.29) is 24.7 Å². The summed E-state index contributed by atoms with van der Waals surface area (Å²) in [7, 11) is 0. The van der Waals surface area contributed by atoms with E-state index in [0.29, 0.717) is 0 Å². The molecular formula is C43H61NO28. The molecule has 2 aromatic rings. The Hall–Kier alpha value is -3.36. The van der Waals surface area contributed by atoms with E-state index in [2.05, 4.69) is 0 Å². The monoisotopic (exact) mass is 1040 g/mol. The van der Waals surface area contributed by atoms with Crippen LogP contribution in [0.25, 0.3) is 0 Å². The van der Waals surface area contributed by atoms with Gasteiger partial charge < -0.3 is 129 Å². The first kappa shape index (κ1) is 56.4. The summed E-state index contributed by atoms with van der Waals surface area (Å²) in [6, 6.07) is 13.6. The molecule has 0 amide bonds. The molecule has 0 radical (unpaired) electrons. The molecule has 25 atom stereocenters. The van der Waals surface area contributed by atoms with E-state index in [0.717, 1.165) is 17.7 Å². The predicted molar refractivity (Wildman–Crippen MR) is 227 cm³/mol. The molecule has 0 unspecified atom stereocenters. The van der Waals surface area contributed by atoms with E-state index >= 15 is 0 Å².